The fourth-order valence-electron chi connectivity index (χ4n) is 3.83. The maximum Gasteiger partial charge on any atom is 0.191 e. The molecule has 2 aromatic rings. The number of guanidine groups is 1. The van der Waals surface area contributed by atoms with E-state index in [9.17, 15) is 4.39 Å². The molecule has 0 spiro atoms. The maximum absolute atomic E-state index is 14.0. The quantitative estimate of drug-likeness (QED) is 0.598. The van der Waals surface area contributed by atoms with E-state index in [0.717, 1.165) is 50.1 Å². The van der Waals surface area contributed by atoms with Gasteiger partial charge in [0.2, 0.25) is 0 Å². The minimum Gasteiger partial charge on any atom is -0.357 e. The molecule has 2 aliphatic rings. The van der Waals surface area contributed by atoms with E-state index in [1.54, 1.807) is 12.3 Å². The highest BCUT2D eigenvalue weighted by atomic mass is 19.1. The lowest BCUT2D eigenvalue weighted by atomic mass is 10.2. The van der Waals surface area contributed by atoms with Gasteiger partial charge in [0.25, 0.3) is 0 Å². The number of fused-ring (bicyclic) bond motifs is 1. The SMILES string of the molecule is CCNC(=NCc1nnc2n1CCCC2)NC1CCN(c2ncccc2F)C1. The Morgan fingerprint density at radius 3 is 3.11 bits per heavy atom. The van der Waals surface area contributed by atoms with E-state index in [1.807, 2.05) is 11.8 Å². The van der Waals surface area contributed by atoms with E-state index in [2.05, 4.69) is 30.4 Å². The van der Waals surface area contributed by atoms with Crippen molar-refractivity contribution in [2.75, 3.05) is 24.5 Å². The molecule has 2 aromatic heterocycles. The number of pyridine rings is 1. The molecule has 150 valence electrons. The normalized spacial score (nSPS) is 19.6. The molecule has 0 radical (unpaired) electrons. The van der Waals surface area contributed by atoms with Crippen LogP contribution in [-0.2, 0) is 19.5 Å². The number of hydrogen-bond acceptors (Lipinski definition) is 5. The van der Waals surface area contributed by atoms with Gasteiger partial charge in [0.1, 0.15) is 12.4 Å². The van der Waals surface area contributed by atoms with E-state index in [4.69, 9.17) is 4.99 Å². The Kier molecular flexibility index (Phi) is 5.68. The number of hydrogen-bond donors (Lipinski definition) is 2. The van der Waals surface area contributed by atoms with E-state index in [-0.39, 0.29) is 11.9 Å². The number of halogens is 1. The fourth-order valence-corrected chi connectivity index (χ4v) is 3.83. The second kappa shape index (κ2) is 8.53. The van der Waals surface area contributed by atoms with Crippen LogP contribution in [0.3, 0.4) is 0 Å². The molecule has 1 fully saturated rings. The van der Waals surface area contributed by atoms with Gasteiger partial charge in [0.05, 0.1) is 0 Å². The summed E-state index contributed by atoms with van der Waals surface area (Å²) in [6, 6.07) is 3.25. The van der Waals surface area contributed by atoms with Crippen LogP contribution in [0.15, 0.2) is 23.3 Å². The molecule has 9 heteroatoms. The van der Waals surface area contributed by atoms with Crippen LogP contribution in [0.5, 0.6) is 0 Å². The van der Waals surface area contributed by atoms with Gasteiger partial charge < -0.3 is 20.1 Å². The molecule has 1 saturated heterocycles. The zero-order valence-electron chi connectivity index (χ0n) is 16.2. The van der Waals surface area contributed by atoms with Gasteiger partial charge in [-0.25, -0.2) is 14.4 Å². The van der Waals surface area contributed by atoms with Crippen molar-refractivity contribution in [3.63, 3.8) is 0 Å². The maximum atomic E-state index is 14.0. The van der Waals surface area contributed by atoms with Gasteiger partial charge in [-0.1, -0.05) is 0 Å². The molecule has 1 atom stereocenters. The summed E-state index contributed by atoms with van der Waals surface area (Å²) in [4.78, 5) is 10.9. The lowest BCUT2D eigenvalue weighted by Gasteiger charge is -2.20. The van der Waals surface area contributed by atoms with Crippen LogP contribution >= 0.6 is 0 Å². The highest BCUT2D eigenvalue weighted by Crippen LogP contribution is 2.20. The van der Waals surface area contributed by atoms with Gasteiger partial charge in [0, 0.05) is 44.8 Å². The first-order valence-electron chi connectivity index (χ1n) is 10.1. The molecule has 2 N–H and O–H groups in total. The minimum absolute atomic E-state index is 0.187. The predicted octanol–water partition coefficient (Wildman–Crippen LogP) is 1.48. The van der Waals surface area contributed by atoms with Crippen LogP contribution in [0.1, 0.15) is 37.8 Å². The summed E-state index contributed by atoms with van der Waals surface area (Å²) in [5.41, 5.74) is 0. The Morgan fingerprint density at radius 2 is 2.25 bits per heavy atom. The first kappa shape index (κ1) is 18.6. The minimum atomic E-state index is -0.277. The van der Waals surface area contributed by atoms with Crippen molar-refractivity contribution in [2.45, 2.75) is 51.7 Å². The zero-order valence-corrected chi connectivity index (χ0v) is 16.2. The van der Waals surface area contributed by atoms with Gasteiger partial charge in [-0.2, -0.15) is 0 Å². The second-order valence-corrected chi connectivity index (χ2v) is 7.22. The Bertz CT molecular complexity index is 833. The summed E-state index contributed by atoms with van der Waals surface area (Å²) in [6.07, 6.45) is 5.88. The predicted molar refractivity (Wildman–Crippen MR) is 106 cm³/mol. The Balaban J connectivity index is 1.39. The molecule has 8 nitrogen and oxygen atoms in total. The summed E-state index contributed by atoms with van der Waals surface area (Å²) < 4.78 is 16.2. The first-order chi connectivity index (χ1) is 13.7. The van der Waals surface area contributed by atoms with Crippen LogP contribution in [0.2, 0.25) is 0 Å². The van der Waals surface area contributed by atoms with Gasteiger partial charge in [-0.05, 0) is 38.3 Å². The van der Waals surface area contributed by atoms with Crippen molar-refractivity contribution in [1.82, 2.24) is 30.4 Å². The van der Waals surface area contributed by atoms with Gasteiger partial charge in [0.15, 0.2) is 23.4 Å². The molecule has 0 aromatic carbocycles. The molecule has 4 heterocycles. The van der Waals surface area contributed by atoms with E-state index < -0.39 is 0 Å². The molecule has 0 aliphatic carbocycles. The topological polar surface area (TPSA) is 83.3 Å². The number of aliphatic imine (C=N–C) groups is 1. The van der Waals surface area contributed by atoms with Crippen LogP contribution in [0.25, 0.3) is 0 Å². The van der Waals surface area contributed by atoms with Gasteiger partial charge in [-0.3, -0.25) is 0 Å². The molecular formula is C19H27FN8. The largest absolute Gasteiger partial charge is 0.357 e. The van der Waals surface area contributed by atoms with Gasteiger partial charge >= 0.3 is 0 Å². The van der Waals surface area contributed by atoms with Crippen molar-refractivity contribution < 1.29 is 4.39 Å². The van der Waals surface area contributed by atoms with Crippen LogP contribution in [0.4, 0.5) is 10.2 Å². The van der Waals surface area contributed by atoms with Gasteiger partial charge in [-0.15, -0.1) is 10.2 Å². The number of rotatable bonds is 5. The lowest BCUT2D eigenvalue weighted by molar-refractivity contribution is 0.508. The average Bonchev–Trinajstić information content (AvgIpc) is 3.34. The zero-order chi connectivity index (χ0) is 19.3. The lowest BCUT2D eigenvalue weighted by Crippen LogP contribution is -2.44. The summed E-state index contributed by atoms with van der Waals surface area (Å²) in [7, 11) is 0. The van der Waals surface area contributed by atoms with Crippen molar-refractivity contribution in [3.05, 3.63) is 35.8 Å². The number of nitrogens with zero attached hydrogens (tertiary/aromatic N) is 6. The Hall–Kier alpha value is -2.71. The molecule has 0 bridgehead atoms. The number of nitrogens with one attached hydrogen (secondary N) is 2. The highest BCUT2D eigenvalue weighted by molar-refractivity contribution is 5.80. The smallest absolute Gasteiger partial charge is 0.191 e. The summed E-state index contributed by atoms with van der Waals surface area (Å²) in [5.74, 6) is 2.88. The third-order valence-electron chi connectivity index (χ3n) is 5.23. The first-order valence-corrected chi connectivity index (χ1v) is 10.1. The monoisotopic (exact) mass is 386 g/mol. The van der Waals surface area contributed by atoms with E-state index >= 15 is 0 Å². The third-order valence-corrected chi connectivity index (χ3v) is 5.23. The Labute approximate surface area is 164 Å². The Morgan fingerprint density at radius 1 is 1.32 bits per heavy atom. The standard InChI is InChI=1S/C19H27FN8/c1-2-21-19(23-12-17-26-25-16-7-3-4-10-28(16)17)24-14-8-11-27(13-14)18-15(20)6-5-9-22-18/h5-6,9,14H,2-4,7-8,10-13H2,1H3,(H2,21,23,24). The third kappa shape index (κ3) is 4.07. The van der Waals surface area contributed by atoms with Crippen LogP contribution < -0.4 is 15.5 Å². The fraction of sp³-hybridized carbons (Fsp3) is 0.579. The van der Waals surface area contributed by atoms with Crippen LogP contribution in [-0.4, -0.2) is 51.4 Å². The van der Waals surface area contributed by atoms with E-state index in [0.29, 0.717) is 18.9 Å². The number of aromatic nitrogens is 4. The average molecular weight is 386 g/mol. The summed E-state index contributed by atoms with van der Waals surface area (Å²) in [5, 5.41) is 15.4. The number of anilines is 1. The van der Waals surface area contributed by atoms with E-state index in [1.165, 1.54) is 18.9 Å². The summed E-state index contributed by atoms with van der Waals surface area (Å²) in [6.45, 7) is 5.74. The highest BCUT2D eigenvalue weighted by Gasteiger charge is 2.26. The molecule has 0 amide bonds. The summed E-state index contributed by atoms with van der Waals surface area (Å²) >= 11 is 0. The van der Waals surface area contributed by atoms with Crippen LogP contribution in [0, 0.1) is 5.82 Å². The number of aryl methyl sites for hydroxylation is 1. The molecule has 2 aliphatic heterocycles. The molecule has 0 saturated carbocycles. The van der Waals surface area contributed by atoms with Crippen molar-refractivity contribution in [1.29, 1.82) is 0 Å². The molecule has 1 unspecified atom stereocenters. The second-order valence-electron chi connectivity index (χ2n) is 7.22. The van der Waals surface area contributed by atoms with Crippen molar-refractivity contribution >= 4 is 11.8 Å². The van der Waals surface area contributed by atoms with Crippen molar-refractivity contribution in [2.24, 2.45) is 4.99 Å². The molecule has 4 rings (SSSR count). The molecule has 28 heavy (non-hydrogen) atoms. The van der Waals surface area contributed by atoms with Crippen molar-refractivity contribution in [3.8, 4) is 0 Å². The molecular weight excluding hydrogens is 359 g/mol.